The summed E-state index contributed by atoms with van der Waals surface area (Å²) in [5.41, 5.74) is -0.379. The van der Waals surface area contributed by atoms with Crippen molar-refractivity contribution in [1.29, 1.82) is 0 Å². The van der Waals surface area contributed by atoms with E-state index in [1.165, 1.54) is 16.8 Å². The number of carbonyl (C=O) groups excluding carboxylic acids is 1. The average molecular weight is 478 g/mol. The van der Waals surface area contributed by atoms with Crippen LogP contribution in [-0.4, -0.2) is 53.7 Å². The topological polar surface area (TPSA) is 77.4 Å². The van der Waals surface area contributed by atoms with Gasteiger partial charge in [0.1, 0.15) is 18.5 Å². The molecule has 4 rings (SSSR count). The molecule has 3 heterocycles. The SMILES string of the molecule is O=C(N[C@H]1COc2ccc(C(F)(F)F)cc2C1)c1cc2n(n1)C[C@@H](CCNCC(F)(F)F)O2. The fourth-order valence-corrected chi connectivity index (χ4v) is 3.70. The molecule has 0 fully saturated rings. The van der Waals surface area contributed by atoms with Gasteiger partial charge in [-0.25, -0.2) is 4.68 Å². The van der Waals surface area contributed by atoms with Crippen molar-refractivity contribution in [1.82, 2.24) is 20.4 Å². The Labute approximate surface area is 184 Å². The second-order valence-electron chi connectivity index (χ2n) is 7.88. The average Bonchev–Trinajstić information content (AvgIpc) is 3.28. The predicted molar refractivity (Wildman–Crippen MR) is 102 cm³/mol. The predicted octanol–water partition coefficient (Wildman–Crippen LogP) is 2.94. The summed E-state index contributed by atoms with van der Waals surface area (Å²) in [6, 6.07) is 4.10. The lowest BCUT2D eigenvalue weighted by Crippen LogP contribution is -2.43. The summed E-state index contributed by atoms with van der Waals surface area (Å²) in [6.45, 7) is -0.583. The Bertz CT molecular complexity index is 997. The highest BCUT2D eigenvalue weighted by Gasteiger charge is 2.33. The van der Waals surface area contributed by atoms with Gasteiger partial charge in [0.15, 0.2) is 5.69 Å². The van der Waals surface area contributed by atoms with E-state index < -0.39 is 36.4 Å². The summed E-state index contributed by atoms with van der Waals surface area (Å²) in [5.74, 6) is 0.132. The Morgan fingerprint density at radius 2 is 1.97 bits per heavy atom. The Kier molecular flexibility index (Phi) is 6.16. The van der Waals surface area contributed by atoms with Gasteiger partial charge < -0.3 is 20.1 Å². The Morgan fingerprint density at radius 1 is 1.18 bits per heavy atom. The quantitative estimate of drug-likeness (QED) is 0.493. The van der Waals surface area contributed by atoms with Gasteiger partial charge >= 0.3 is 12.4 Å². The van der Waals surface area contributed by atoms with E-state index in [1.54, 1.807) is 0 Å². The molecule has 0 saturated heterocycles. The van der Waals surface area contributed by atoms with Gasteiger partial charge in [-0.3, -0.25) is 4.79 Å². The highest BCUT2D eigenvalue weighted by Crippen LogP contribution is 2.34. The lowest BCUT2D eigenvalue weighted by molar-refractivity contribution is -0.137. The minimum atomic E-state index is -4.48. The lowest BCUT2D eigenvalue weighted by Gasteiger charge is -2.26. The van der Waals surface area contributed by atoms with Gasteiger partial charge in [-0.15, -0.1) is 0 Å². The number of alkyl halides is 6. The molecule has 2 aromatic rings. The van der Waals surface area contributed by atoms with Crippen LogP contribution < -0.4 is 20.1 Å². The van der Waals surface area contributed by atoms with Gasteiger partial charge in [-0.05, 0) is 43.1 Å². The number of ether oxygens (including phenoxy) is 2. The van der Waals surface area contributed by atoms with Crippen LogP contribution in [0.25, 0.3) is 0 Å². The van der Waals surface area contributed by atoms with Crippen molar-refractivity contribution >= 4 is 5.91 Å². The minimum Gasteiger partial charge on any atom is -0.491 e. The third-order valence-electron chi connectivity index (χ3n) is 5.24. The molecule has 0 bridgehead atoms. The molecule has 2 aliphatic heterocycles. The third-order valence-corrected chi connectivity index (χ3v) is 5.24. The number of amides is 1. The molecule has 180 valence electrons. The number of carbonyl (C=O) groups is 1. The lowest BCUT2D eigenvalue weighted by atomic mass is 10.00. The molecule has 0 saturated carbocycles. The van der Waals surface area contributed by atoms with Crippen LogP contribution in [0, 0.1) is 0 Å². The second kappa shape index (κ2) is 8.76. The van der Waals surface area contributed by atoms with Crippen LogP contribution in [0.2, 0.25) is 0 Å². The second-order valence-corrected chi connectivity index (χ2v) is 7.88. The molecule has 0 aliphatic carbocycles. The van der Waals surface area contributed by atoms with E-state index in [0.29, 0.717) is 23.6 Å². The zero-order valence-electron chi connectivity index (χ0n) is 17.1. The van der Waals surface area contributed by atoms with Gasteiger partial charge in [0.05, 0.1) is 24.7 Å². The molecule has 2 N–H and O–H groups in total. The van der Waals surface area contributed by atoms with Crippen LogP contribution in [0.15, 0.2) is 24.3 Å². The molecule has 0 spiro atoms. The Morgan fingerprint density at radius 3 is 2.67 bits per heavy atom. The van der Waals surface area contributed by atoms with Gasteiger partial charge in [0, 0.05) is 6.07 Å². The van der Waals surface area contributed by atoms with E-state index in [1.807, 2.05) is 0 Å². The molecular weight excluding hydrogens is 458 g/mol. The maximum Gasteiger partial charge on any atom is 0.416 e. The standard InChI is InChI=1S/C20H20F6N4O3/c21-19(22,23)10-27-4-3-14-8-30-17(33-14)7-15(29-30)18(31)28-13-6-11-5-12(20(24,25)26)1-2-16(11)32-9-13/h1-2,5,7,13-14,27H,3-4,6,8-10H2,(H,28,31)/t13-,14-/m1/s1. The van der Waals surface area contributed by atoms with Crippen molar-refractivity contribution < 1.29 is 40.6 Å². The summed E-state index contributed by atoms with van der Waals surface area (Å²) in [6.07, 6.45) is -8.62. The molecule has 1 aromatic carbocycles. The molecule has 0 radical (unpaired) electrons. The summed E-state index contributed by atoms with van der Waals surface area (Å²) in [7, 11) is 0. The van der Waals surface area contributed by atoms with E-state index >= 15 is 0 Å². The molecule has 33 heavy (non-hydrogen) atoms. The number of nitrogens with one attached hydrogen (secondary N) is 2. The highest BCUT2D eigenvalue weighted by atomic mass is 19.4. The van der Waals surface area contributed by atoms with Gasteiger partial charge in [-0.2, -0.15) is 31.4 Å². The Balaban J connectivity index is 1.29. The van der Waals surface area contributed by atoms with E-state index in [2.05, 4.69) is 15.7 Å². The molecular formula is C20H20F6N4O3. The molecule has 1 amide bonds. The number of benzene rings is 1. The number of fused-ring (bicyclic) bond motifs is 2. The maximum atomic E-state index is 12.9. The van der Waals surface area contributed by atoms with E-state index in [9.17, 15) is 31.1 Å². The Hall–Kier alpha value is -2.96. The van der Waals surface area contributed by atoms with Crippen molar-refractivity contribution in [3.8, 4) is 11.6 Å². The van der Waals surface area contributed by atoms with E-state index in [0.717, 1.165) is 12.1 Å². The van der Waals surface area contributed by atoms with Crippen LogP contribution in [-0.2, 0) is 19.1 Å². The third kappa shape index (κ3) is 5.70. The summed E-state index contributed by atoms with van der Waals surface area (Å²) >= 11 is 0. The first-order chi connectivity index (χ1) is 15.5. The van der Waals surface area contributed by atoms with Crippen molar-refractivity contribution in [3.63, 3.8) is 0 Å². The molecule has 2 aliphatic rings. The number of nitrogens with zero attached hydrogens (tertiary/aromatic N) is 2. The molecule has 7 nitrogen and oxygen atoms in total. The number of aromatic nitrogens is 2. The largest absolute Gasteiger partial charge is 0.491 e. The van der Waals surface area contributed by atoms with Crippen molar-refractivity contribution in [2.24, 2.45) is 0 Å². The normalized spacial score (nSPS) is 19.9. The molecule has 0 unspecified atom stereocenters. The van der Waals surface area contributed by atoms with Crippen molar-refractivity contribution in [2.75, 3.05) is 19.7 Å². The minimum absolute atomic E-state index is 0.0634. The first-order valence-corrected chi connectivity index (χ1v) is 10.1. The number of hydrogen-bond donors (Lipinski definition) is 2. The van der Waals surface area contributed by atoms with Crippen LogP contribution in [0.1, 0.15) is 28.0 Å². The molecule has 13 heteroatoms. The van der Waals surface area contributed by atoms with Gasteiger partial charge in [-0.1, -0.05) is 0 Å². The molecule has 2 atom stereocenters. The van der Waals surface area contributed by atoms with Crippen LogP contribution >= 0.6 is 0 Å². The fourth-order valence-electron chi connectivity index (χ4n) is 3.70. The number of halogens is 6. The van der Waals surface area contributed by atoms with Crippen molar-refractivity contribution in [2.45, 2.75) is 43.9 Å². The smallest absolute Gasteiger partial charge is 0.416 e. The van der Waals surface area contributed by atoms with E-state index in [4.69, 9.17) is 9.47 Å². The first-order valence-electron chi connectivity index (χ1n) is 10.1. The van der Waals surface area contributed by atoms with Gasteiger partial charge in [0.2, 0.25) is 5.88 Å². The van der Waals surface area contributed by atoms with Crippen molar-refractivity contribution in [3.05, 3.63) is 41.1 Å². The zero-order chi connectivity index (χ0) is 23.8. The fraction of sp³-hybridized carbons (Fsp3) is 0.500. The zero-order valence-corrected chi connectivity index (χ0v) is 17.1. The number of hydrogen-bond acceptors (Lipinski definition) is 5. The van der Waals surface area contributed by atoms with Crippen LogP contribution in [0.5, 0.6) is 11.6 Å². The first kappa shape index (κ1) is 23.2. The van der Waals surface area contributed by atoms with Crippen LogP contribution in [0.4, 0.5) is 26.3 Å². The maximum absolute atomic E-state index is 12.9. The van der Waals surface area contributed by atoms with E-state index in [-0.39, 0.29) is 37.9 Å². The summed E-state index contributed by atoms with van der Waals surface area (Å²) in [5, 5.41) is 9.14. The summed E-state index contributed by atoms with van der Waals surface area (Å²) in [4.78, 5) is 12.5. The van der Waals surface area contributed by atoms with Gasteiger partial charge in [0.25, 0.3) is 5.91 Å². The molecule has 1 aromatic heterocycles. The summed E-state index contributed by atoms with van der Waals surface area (Å²) < 4.78 is 87.8. The highest BCUT2D eigenvalue weighted by molar-refractivity contribution is 5.92. The number of rotatable bonds is 6. The monoisotopic (exact) mass is 478 g/mol. The van der Waals surface area contributed by atoms with Crippen LogP contribution in [0.3, 0.4) is 0 Å².